The van der Waals surface area contributed by atoms with Gasteiger partial charge in [0.2, 0.25) is 0 Å². The third kappa shape index (κ3) is 15.9. The van der Waals surface area contributed by atoms with Gasteiger partial charge in [-0.15, -0.1) is 0 Å². The minimum atomic E-state index is -0.269. The number of hydrogen-bond acceptors (Lipinski definition) is 10. The highest BCUT2D eigenvalue weighted by molar-refractivity contribution is 5.71. The molecule has 0 aromatic heterocycles. The molecule has 0 N–H and O–H groups in total. The Balaban J connectivity index is 0.000000305. The van der Waals surface area contributed by atoms with Crippen LogP contribution in [-0.2, 0) is 47.5 Å². The highest BCUT2D eigenvalue weighted by atomic mass is 16.7. The van der Waals surface area contributed by atoms with E-state index >= 15 is 0 Å². The molecule has 4 rings (SSSR count). The minimum absolute atomic E-state index is 0. The van der Waals surface area contributed by atoms with E-state index in [1.54, 1.807) is 0 Å². The van der Waals surface area contributed by atoms with E-state index in [2.05, 4.69) is 14.2 Å². The monoisotopic (exact) mass is 368 g/mol. The number of carbonyl (C=O) groups is 2. The number of carbonyl (C=O) groups excluding carboxylic acids is 2. The zero-order chi connectivity index (χ0) is 17.3. The minimum Gasteiger partial charge on any atom is -0.438 e. The highest BCUT2D eigenvalue weighted by Crippen LogP contribution is 1.94. The van der Waals surface area contributed by atoms with E-state index in [9.17, 15) is 9.59 Å². The van der Waals surface area contributed by atoms with Crippen LogP contribution >= 0.6 is 0 Å². The summed E-state index contributed by atoms with van der Waals surface area (Å²) in [7, 11) is 0. The van der Waals surface area contributed by atoms with Gasteiger partial charge in [-0.25, -0.2) is 4.79 Å². The molecule has 0 aromatic carbocycles. The van der Waals surface area contributed by atoms with Crippen molar-refractivity contribution in [1.82, 2.24) is 0 Å². The maximum absolute atomic E-state index is 10.2. The van der Waals surface area contributed by atoms with E-state index in [1.165, 1.54) is 0 Å². The molecule has 0 bridgehead atoms. The second-order valence-electron chi connectivity index (χ2n) is 4.50. The second-order valence-corrected chi connectivity index (χ2v) is 4.50. The number of esters is 2. The van der Waals surface area contributed by atoms with Gasteiger partial charge in [-0.3, -0.25) is 4.79 Å². The van der Waals surface area contributed by atoms with Gasteiger partial charge < -0.3 is 37.9 Å². The Morgan fingerprint density at radius 2 is 1.08 bits per heavy atom. The number of ether oxygens (including phenoxy) is 8. The van der Waals surface area contributed by atoms with Gasteiger partial charge in [0, 0.05) is 0 Å². The Morgan fingerprint density at radius 1 is 0.560 bits per heavy atom. The third-order valence-corrected chi connectivity index (χ3v) is 2.56. The van der Waals surface area contributed by atoms with E-state index in [0.29, 0.717) is 26.6 Å². The van der Waals surface area contributed by atoms with Gasteiger partial charge in [-0.1, -0.05) is 7.43 Å². The second kappa shape index (κ2) is 17.5. The Morgan fingerprint density at radius 3 is 1.28 bits per heavy atom. The van der Waals surface area contributed by atoms with Gasteiger partial charge in [0.25, 0.3) is 0 Å². The fraction of sp³-hybridized carbons (Fsp3) is 0.867. The molecule has 4 fully saturated rings. The van der Waals surface area contributed by atoms with E-state index < -0.39 is 0 Å². The molecule has 10 heteroatoms. The lowest BCUT2D eigenvalue weighted by Crippen LogP contribution is -2.17. The molecule has 10 nitrogen and oxygen atoms in total. The number of cyclic esters (lactones) is 2. The highest BCUT2D eigenvalue weighted by Gasteiger charge is 2.08. The third-order valence-electron chi connectivity index (χ3n) is 2.56. The molecule has 4 aliphatic rings. The largest absolute Gasteiger partial charge is 0.438 e. The Bertz CT molecular complexity index is 293. The van der Waals surface area contributed by atoms with Crippen LogP contribution in [0.4, 0.5) is 0 Å². The molecule has 4 aliphatic heterocycles. The van der Waals surface area contributed by atoms with Gasteiger partial charge in [0.05, 0.1) is 39.5 Å². The standard InChI is InChI=1S/C4H6O3.C4H8O2.C3H4O3.C3H6O2.CH4/c5-4-1-2-6-3-7-4;1-2-5-4-6-3-1;4-3-1-5-2-6-3;1-2-5-3-4-1;/h1-3H2;1-4H2;1-2H2;1-3H2;1H4. The first-order valence-corrected chi connectivity index (χ1v) is 7.57. The van der Waals surface area contributed by atoms with Crippen LogP contribution in [0.3, 0.4) is 0 Å². The molecule has 4 heterocycles. The summed E-state index contributed by atoms with van der Waals surface area (Å²) in [4.78, 5) is 20.1. The van der Waals surface area contributed by atoms with Crippen LogP contribution in [0.5, 0.6) is 0 Å². The average Bonchev–Trinajstić information content (AvgIpc) is 3.35. The van der Waals surface area contributed by atoms with Crippen molar-refractivity contribution in [3.8, 4) is 0 Å². The van der Waals surface area contributed by atoms with Gasteiger partial charge in [0.15, 0.2) is 13.6 Å². The fourth-order valence-electron chi connectivity index (χ4n) is 1.40. The lowest BCUT2D eigenvalue weighted by Gasteiger charge is -2.09. The van der Waals surface area contributed by atoms with Crippen molar-refractivity contribution in [1.29, 1.82) is 0 Å². The summed E-state index contributed by atoms with van der Waals surface area (Å²) in [5, 5.41) is 0. The zero-order valence-corrected chi connectivity index (χ0v) is 13.6. The Kier molecular flexibility index (Phi) is 16.6. The first-order valence-electron chi connectivity index (χ1n) is 7.57. The van der Waals surface area contributed by atoms with Crippen LogP contribution in [0.15, 0.2) is 0 Å². The van der Waals surface area contributed by atoms with Crippen molar-refractivity contribution in [3.63, 3.8) is 0 Å². The first-order chi connectivity index (χ1) is 11.8. The summed E-state index contributed by atoms with van der Waals surface area (Å²) in [5.41, 5.74) is 0. The van der Waals surface area contributed by atoms with Crippen molar-refractivity contribution in [3.05, 3.63) is 0 Å². The smallest absolute Gasteiger partial charge is 0.334 e. The molecule has 0 spiro atoms. The molecule has 4 saturated heterocycles. The van der Waals surface area contributed by atoms with Crippen molar-refractivity contribution < 1.29 is 47.5 Å². The van der Waals surface area contributed by atoms with Crippen molar-refractivity contribution >= 4 is 11.9 Å². The van der Waals surface area contributed by atoms with E-state index in [4.69, 9.17) is 23.7 Å². The van der Waals surface area contributed by atoms with Crippen LogP contribution in [0, 0.1) is 0 Å². The van der Waals surface area contributed by atoms with Gasteiger partial charge in [0.1, 0.15) is 20.2 Å². The van der Waals surface area contributed by atoms with Crippen LogP contribution in [0.1, 0.15) is 20.3 Å². The van der Waals surface area contributed by atoms with Gasteiger partial charge in [-0.05, 0) is 6.42 Å². The summed E-state index contributed by atoms with van der Waals surface area (Å²) >= 11 is 0. The van der Waals surface area contributed by atoms with Crippen molar-refractivity contribution in [2.24, 2.45) is 0 Å². The maximum Gasteiger partial charge on any atom is 0.334 e. The zero-order valence-electron chi connectivity index (χ0n) is 13.6. The lowest BCUT2D eigenvalue weighted by atomic mass is 10.5. The molecule has 0 atom stereocenters. The van der Waals surface area contributed by atoms with Crippen molar-refractivity contribution in [2.75, 3.05) is 66.8 Å². The molecule has 0 unspecified atom stereocenters. The summed E-state index contributed by atoms with van der Waals surface area (Å²) in [6.07, 6.45) is 1.46. The molecule has 0 radical (unpaired) electrons. The topological polar surface area (TPSA) is 108 Å². The molecule has 0 aromatic rings. The summed E-state index contributed by atoms with van der Waals surface area (Å²) in [6.45, 7) is 5.22. The quantitative estimate of drug-likeness (QED) is 0.559. The lowest BCUT2D eigenvalue weighted by molar-refractivity contribution is -0.168. The molecular formula is C15H28O10. The summed E-state index contributed by atoms with van der Waals surface area (Å²) in [5.74, 6) is -0.429. The number of hydrogen-bond donors (Lipinski definition) is 0. The van der Waals surface area contributed by atoms with Crippen molar-refractivity contribution in [2.45, 2.75) is 20.3 Å². The molecule has 0 saturated carbocycles. The molecule has 0 aliphatic carbocycles. The van der Waals surface area contributed by atoms with Crippen LogP contribution < -0.4 is 0 Å². The van der Waals surface area contributed by atoms with E-state index in [1.807, 2.05) is 0 Å². The van der Waals surface area contributed by atoms with Crippen LogP contribution in [0.2, 0.25) is 0 Å². The predicted octanol–water partition coefficient (Wildman–Crippen LogP) is 0.432. The first kappa shape index (κ1) is 23.7. The SMILES string of the molecule is C.C1COCO1.C1COCOC1.O=C1CCOCO1.O=C1COCO1. The van der Waals surface area contributed by atoms with Gasteiger partial charge >= 0.3 is 11.9 Å². The van der Waals surface area contributed by atoms with E-state index in [-0.39, 0.29) is 39.6 Å². The Labute approximate surface area is 147 Å². The molecule has 148 valence electrons. The number of rotatable bonds is 0. The predicted molar refractivity (Wildman–Crippen MR) is 83.3 cm³/mol. The summed E-state index contributed by atoms with van der Waals surface area (Å²) in [6, 6.07) is 0. The molecule has 0 amide bonds. The molecular weight excluding hydrogens is 340 g/mol. The van der Waals surface area contributed by atoms with Crippen LogP contribution in [-0.4, -0.2) is 78.8 Å². The molecule has 25 heavy (non-hydrogen) atoms. The maximum atomic E-state index is 10.2. The van der Waals surface area contributed by atoms with E-state index in [0.717, 1.165) is 32.8 Å². The van der Waals surface area contributed by atoms with Gasteiger partial charge in [-0.2, -0.15) is 0 Å². The normalized spacial score (nSPS) is 21.6. The fourth-order valence-corrected chi connectivity index (χ4v) is 1.40. The summed E-state index contributed by atoms with van der Waals surface area (Å²) < 4.78 is 37.0. The Hall–Kier alpha value is -1.30. The van der Waals surface area contributed by atoms with Crippen LogP contribution in [0.25, 0.3) is 0 Å². The average molecular weight is 368 g/mol.